The van der Waals surface area contributed by atoms with Gasteiger partial charge in [-0.15, -0.1) is 0 Å². The van der Waals surface area contributed by atoms with E-state index in [1.165, 1.54) is 6.20 Å². The molecule has 0 saturated heterocycles. The van der Waals surface area contributed by atoms with E-state index >= 15 is 0 Å². The summed E-state index contributed by atoms with van der Waals surface area (Å²) in [4.78, 5) is 27.5. The third-order valence-corrected chi connectivity index (χ3v) is 3.61. The van der Waals surface area contributed by atoms with Crippen molar-refractivity contribution in [1.29, 1.82) is 0 Å². The van der Waals surface area contributed by atoms with Gasteiger partial charge in [0.05, 0.1) is 12.1 Å². The van der Waals surface area contributed by atoms with Crippen molar-refractivity contribution in [2.75, 3.05) is 5.32 Å². The summed E-state index contributed by atoms with van der Waals surface area (Å²) in [7, 11) is 0. The summed E-state index contributed by atoms with van der Waals surface area (Å²) in [6.07, 6.45) is 1.40. The minimum atomic E-state index is -0.719. The topological polar surface area (TPSA) is 105 Å². The number of carbonyl (C=O) groups is 2. The molecule has 1 aromatic carbocycles. The van der Waals surface area contributed by atoms with Gasteiger partial charge in [0.2, 0.25) is 5.91 Å². The molecule has 2 amide bonds. The zero-order valence-electron chi connectivity index (χ0n) is 14.0. The van der Waals surface area contributed by atoms with E-state index in [1.54, 1.807) is 18.2 Å². The van der Waals surface area contributed by atoms with Crippen LogP contribution in [0.2, 0.25) is 0 Å². The van der Waals surface area contributed by atoms with Crippen LogP contribution in [-0.4, -0.2) is 21.9 Å². The number of hydrogen-bond acceptors (Lipinski definition) is 4. The van der Waals surface area contributed by atoms with E-state index in [9.17, 15) is 14.7 Å². The fraction of sp³-hybridized carbons (Fsp3) is 0.278. The van der Waals surface area contributed by atoms with Crippen LogP contribution < -0.4 is 11.1 Å². The van der Waals surface area contributed by atoms with E-state index in [1.807, 2.05) is 12.1 Å². The van der Waals surface area contributed by atoms with Gasteiger partial charge in [-0.05, 0) is 29.2 Å². The molecule has 126 valence electrons. The molecule has 6 nitrogen and oxygen atoms in total. The molecule has 4 N–H and O–H groups in total. The number of nitrogens with one attached hydrogen (secondary N) is 1. The summed E-state index contributed by atoms with van der Waals surface area (Å²) in [5.41, 5.74) is 6.93. The number of carbonyl (C=O) groups excluding carboxylic acids is 2. The van der Waals surface area contributed by atoms with Crippen LogP contribution in [0, 0.1) is 0 Å². The highest BCUT2D eigenvalue weighted by Gasteiger charge is 2.18. The molecule has 1 heterocycles. The highest BCUT2D eigenvalue weighted by Crippen LogP contribution is 2.27. The van der Waals surface area contributed by atoms with Gasteiger partial charge in [0.25, 0.3) is 5.91 Å². The predicted octanol–water partition coefficient (Wildman–Crippen LogP) is 2.36. The molecule has 0 aliphatic heterocycles. The summed E-state index contributed by atoms with van der Waals surface area (Å²) in [5.74, 6) is -1.03. The Morgan fingerprint density at radius 3 is 2.58 bits per heavy atom. The summed E-state index contributed by atoms with van der Waals surface area (Å²) in [5, 5.41) is 12.6. The van der Waals surface area contributed by atoms with Crippen molar-refractivity contribution in [3.05, 3.63) is 53.3 Å². The lowest BCUT2D eigenvalue weighted by Crippen LogP contribution is -2.21. The molecule has 0 unspecified atom stereocenters. The summed E-state index contributed by atoms with van der Waals surface area (Å²) >= 11 is 0. The number of amides is 2. The Hall–Kier alpha value is -2.89. The number of benzene rings is 1. The lowest BCUT2D eigenvalue weighted by molar-refractivity contribution is -0.115. The Kier molecular flexibility index (Phi) is 4.87. The van der Waals surface area contributed by atoms with Gasteiger partial charge in [0.15, 0.2) is 5.69 Å². The van der Waals surface area contributed by atoms with E-state index in [4.69, 9.17) is 5.73 Å². The average Bonchev–Trinajstić information content (AvgIpc) is 2.48. The average molecular weight is 327 g/mol. The van der Waals surface area contributed by atoms with Crippen LogP contribution in [0.5, 0.6) is 5.75 Å². The standard InChI is InChI=1S/C18H21N3O3/c1-18(2,3)12-6-7-14(22)11(9-12)10-15(23)21-13-5-4-8-20-16(13)17(19)24/h4-9,22H,10H2,1-3H3,(H2,19,24)(H,21,23). The number of phenols is 1. The van der Waals surface area contributed by atoms with Gasteiger partial charge in [0.1, 0.15) is 5.75 Å². The van der Waals surface area contributed by atoms with Crippen LogP contribution in [0.25, 0.3) is 0 Å². The molecule has 0 spiro atoms. The molecule has 1 aromatic heterocycles. The van der Waals surface area contributed by atoms with Gasteiger partial charge < -0.3 is 16.2 Å². The van der Waals surface area contributed by atoms with E-state index in [0.29, 0.717) is 5.56 Å². The highest BCUT2D eigenvalue weighted by molar-refractivity contribution is 6.01. The molecule has 0 aliphatic carbocycles. The molecule has 0 fully saturated rings. The molecule has 2 rings (SSSR count). The van der Waals surface area contributed by atoms with Crippen LogP contribution in [0.15, 0.2) is 36.5 Å². The van der Waals surface area contributed by atoms with Crippen molar-refractivity contribution in [3.63, 3.8) is 0 Å². The maximum absolute atomic E-state index is 12.3. The number of aromatic nitrogens is 1. The zero-order chi connectivity index (χ0) is 17.9. The third-order valence-electron chi connectivity index (χ3n) is 3.61. The predicted molar refractivity (Wildman–Crippen MR) is 91.9 cm³/mol. The van der Waals surface area contributed by atoms with Crippen LogP contribution in [0.3, 0.4) is 0 Å². The number of nitrogens with zero attached hydrogens (tertiary/aromatic N) is 1. The monoisotopic (exact) mass is 327 g/mol. The Bertz CT molecular complexity index is 779. The number of hydrogen-bond donors (Lipinski definition) is 3. The van der Waals surface area contributed by atoms with Crippen LogP contribution in [0.1, 0.15) is 42.4 Å². The van der Waals surface area contributed by atoms with E-state index in [-0.39, 0.29) is 34.9 Å². The van der Waals surface area contributed by atoms with E-state index < -0.39 is 5.91 Å². The zero-order valence-corrected chi connectivity index (χ0v) is 14.0. The van der Waals surface area contributed by atoms with E-state index in [0.717, 1.165) is 5.56 Å². The largest absolute Gasteiger partial charge is 0.508 e. The second-order valence-corrected chi connectivity index (χ2v) is 6.58. The lowest BCUT2D eigenvalue weighted by atomic mass is 9.85. The molecule has 0 saturated carbocycles. The minimum absolute atomic E-state index is 0.00138. The first kappa shape index (κ1) is 17.5. The molecule has 0 bridgehead atoms. The van der Waals surface area contributed by atoms with Crippen molar-refractivity contribution in [1.82, 2.24) is 4.98 Å². The molecule has 0 radical (unpaired) electrons. The van der Waals surface area contributed by atoms with Crippen molar-refractivity contribution >= 4 is 17.5 Å². The molecular formula is C18H21N3O3. The Balaban J connectivity index is 2.21. The third kappa shape index (κ3) is 4.10. The van der Waals surface area contributed by atoms with Crippen molar-refractivity contribution in [2.24, 2.45) is 5.73 Å². The number of rotatable bonds is 4. The van der Waals surface area contributed by atoms with Crippen LogP contribution in [0.4, 0.5) is 5.69 Å². The SMILES string of the molecule is CC(C)(C)c1ccc(O)c(CC(=O)Nc2cccnc2C(N)=O)c1. The van der Waals surface area contributed by atoms with Crippen molar-refractivity contribution in [3.8, 4) is 5.75 Å². The number of aromatic hydroxyl groups is 1. The lowest BCUT2D eigenvalue weighted by Gasteiger charge is -2.20. The van der Waals surface area contributed by atoms with Gasteiger partial charge in [-0.25, -0.2) is 4.98 Å². The normalized spacial score (nSPS) is 11.1. The van der Waals surface area contributed by atoms with Crippen LogP contribution in [-0.2, 0) is 16.6 Å². The van der Waals surface area contributed by atoms with Crippen molar-refractivity contribution in [2.45, 2.75) is 32.6 Å². The van der Waals surface area contributed by atoms with Gasteiger partial charge in [-0.1, -0.05) is 32.9 Å². The molecule has 6 heteroatoms. The fourth-order valence-electron chi connectivity index (χ4n) is 2.26. The number of nitrogens with two attached hydrogens (primary N) is 1. The van der Waals surface area contributed by atoms with E-state index in [2.05, 4.69) is 31.1 Å². The number of phenolic OH excluding ortho intramolecular Hbond substituents is 1. The van der Waals surface area contributed by atoms with Gasteiger partial charge in [-0.3, -0.25) is 9.59 Å². The fourth-order valence-corrected chi connectivity index (χ4v) is 2.26. The Morgan fingerprint density at radius 1 is 1.25 bits per heavy atom. The van der Waals surface area contributed by atoms with Gasteiger partial charge in [-0.2, -0.15) is 0 Å². The highest BCUT2D eigenvalue weighted by atomic mass is 16.3. The summed E-state index contributed by atoms with van der Waals surface area (Å²) in [6, 6.07) is 8.38. The molecule has 2 aromatic rings. The first-order valence-electron chi connectivity index (χ1n) is 7.55. The second kappa shape index (κ2) is 6.70. The Labute approximate surface area is 140 Å². The van der Waals surface area contributed by atoms with Crippen molar-refractivity contribution < 1.29 is 14.7 Å². The maximum Gasteiger partial charge on any atom is 0.269 e. The second-order valence-electron chi connectivity index (χ2n) is 6.58. The molecule has 0 atom stereocenters. The first-order valence-corrected chi connectivity index (χ1v) is 7.55. The number of primary amides is 1. The maximum atomic E-state index is 12.3. The quantitative estimate of drug-likeness (QED) is 0.801. The number of pyridine rings is 1. The first-order chi connectivity index (χ1) is 11.2. The van der Waals surface area contributed by atoms with Crippen LogP contribution >= 0.6 is 0 Å². The summed E-state index contributed by atoms with van der Waals surface area (Å²) in [6.45, 7) is 6.16. The Morgan fingerprint density at radius 2 is 1.96 bits per heavy atom. The minimum Gasteiger partial charge on any atom is -0.508 e. The van der Waals surface area contributed by atoms with Gasteiger partial charge in [0, 0.05) is 11.8 Å². The summed E-state index contributed by atoms with van der Waals surface area (Å²) < 4.78 is 0. The molecular weight excluding hydrogens is 306 g/mol. The van der Waals surface area contributed by atoms with Gasteiger partial charge >= 0.3 is 0 Å². The molecule has 0 aliphatic rings. The smallest absolute Gasteiger partial charge is 0.269 e. The number of anilines is 1. The molecule has 24 heavy (non-hydrogen) atoms.